The highest BCUT2D eigenvalue weighted by atomic mass is 16.5. The van der Waals surface area contributed by atoms with Gasteiger partial charge >= 0.3 is 5.97 Å². The van der Waals surface area contributed by atoms with Gasteiger partial charge in [-0.25, -0.2) is 4.68 Å². The lowest BCUT2D eigenvalue weighted by Gasteiger charge is -2.19. The zero-order chi connectivity index (χ0) is 20.1. The fourth-order valence-corrected chi connectivity index (χ4v) is 2.98. The van der Waals surface area contributed by atoms with Crippen molar-refractivity contribution in [3.63, 3.8) is 0 Å². The van der Waals surface area contributed by atoms with Crippen LogP contribution in [0, 0.1) is 26.2 Å². The van der Waals surface area contributed by atoms with Gasteiger partial charge in [0.15, 0.2) is 5.75 Å². The summed E-state index contributed by atoms with van der Waals surface area (Å²) < 4.78 is 12.8. The summed E-state index contributed by atoms with van der Waals surface area (Å²) in [6, 6.07) is 5.80. The van der Waals surface area contributed by atoms with Crippen LogP contribution in [0.3, 0.4) is 0 Å². The van der Waals surface area contributed by atoms with E-state index in [0.29, 0.717) is 28.2 Å². The van der Waals surface area contributed by atoms with Crippen LogP contribution in [-0.4, -0.2) is 15.7 Å². The predicted molar refractivity (Wildman–Crippen MR) is 104 cm³/mol. The highest BCUT2D eigenvalue weighted by Crippen LogP contribution is 2.39. The van der Waals surface area contributed by atoms with Gasteiger partial charge in [0.1, 0.15) is 17.0 Å². The summed E-state index contributed by atoms with van der Waals surface area (Å²) in [4.78, 5) is 25.5. The molecule has 6 nitrogen and oxygen atoms in total. The monoisotopic (exact) mass is 368 g/mol. The second-order valence-electron chi connectivity index (χ2n) is 7.89. The second kappa shape index (κ2) is 6.37. The quantitative estimate of drug-likeness (QED) is 0.638. The fraction of sp³-hybridized carbons (Fsp3) is 0.381. The van der Waals surface area contributed by atoms with E-state index in [1.165, 1.54) is 4.68 Å². The molecule has 27 heavy (non-hydrogen) atoms. The van der Waals surface area contributed by atoms with Crippen LogP contribution >= 0.6 is 0 Å². The number of furan rings is 1. The van der Waals surface area contributed by atoms with Crippen LogP contribution in [0.4, 0.5) is 0 Å². The molecule has 3 aromatic rings. The van der Waals surface area contributed by atoms with Crippen molar-refractivity contribution >= 4 is 16.9 Å². The lowest BCUT2D eigenvalue weighted by molar-refractivity contribution is -0.143. The van der Waals surface area contributed by atoms with Crippen LogP contribution in [-0.2, 0) is 11.8 Å². The maximum Gasteiger partial charge on any atom is 0.316 e. The lowest BCUT2D eigenvalue weighted by Crippen LogP contribution is -2.29. The number of hydrogen-bond donors (Lipinski definition) is 0. The van der Waals surface area contributed by atoms with Gasteiger partial charge in [-0.2, -0.15) is 5.10 Å². The van der Waals surface area contributed by atoms with Crippen LogP contribution in [0.5, 0.6) is 5.75 Å². The number of hydrogen-bond acceptors (Lipinski definition) is 5. The van der Waals surface area contributed by atoms with E-state index in [0.717, 1.165) is 10.9 Å². The number of nitrogens with zero attached hydrogens (tertiary/aromatic N) is 2. The minimum Gasteiger partial charge on any atom is -0.461 e. The third-order valence-electron chi connectivity index (χ3n) is 4.44. The average molecular weight is 368 g/mol. The molecule has 0 N–H and O–H groups in total. The summed E-state index contributed by atoms with van der Waals surface area (Å²) in [5, 5.41) is 5.00. The molecule has 0 spiro atoms. The van der Waals surface area contributed by atoms with Gasteiger partial charge in [-0.15, -0.1) is 0 Å². The minimum absolute atomic E-state index is 0.185. The second-order valence-corrected chi connectivity index (χ2v) is 7.89. The molecule has 0 radical (unpaired) electrons. The number of carbonyl (C=O) groups excluding carboxylic acids is 1. The number of aromatic nitrogens is 2. The molecule has 2 heterocycles. The summed E-state index contributed by atoms with van der Waals surface area (Å²) in [6.07, 6.45) is 0. The summed E-state index contributed by atoms with van der Waals surface area (Å²) in [5.74, 6) is 0.346. The highest BCUT2D eigenvalue weighted by Gasteiger charge is 2.29. The fourth-order valence-electron chi connectivity index (χ4n) is 2.98. The molecule has 0 atom stereocenters. The Morgan fingerprint density at radius 3 is 2.44 bits per heavy atom. The lowest BCUT2D eigenvalue weighted by atomic mass is 9.97. The topological polar surface area (TPSA) is 74.3 Å². The van der Waals surface area contributed by atoms with E-state index in [4.69, 9.17) is 9.15 Å². The Hall–Kier alpha value is -2.89. The van der Waals surface area contributed by atoms with Gasteiger partial charge in [-0.1, -0.05) is 12.1 Å². The van der Waals surface area contributed by atoms with Gasteiger partial charge in [0, 0.05) is 18.0 Å². The van der Waals surface area contributed by atoms with Crippen LogP contribution in [0.15, 0.2) is 27.4 Å². The van der Waals surface area contributed by atoms with Crippen LogP contribution in [0.2, 0.25) is 0 Å². The molecule has 1 aromatic carbocycles. The normalized spacial score (nSPS) is 11.8. The molecule has 0 saturated carbocycles. The number of ether oxygens (including phenoxy) is 1. The number of fused-ring (bicyclic) bond motifs is 1. The van der Waals surface area contributed by atoms with Gasteiger partial charge in [0.05, 0.1) is 11.0 Å². The first-order chi connectivity index (χ1) is 12.5. The highest BCUT2D eigenvalue weighted by molar-refractivity contribution is 5.98. The maximum absolute atomic E-state index is 13.0. The van der Waals surface area contributed by atoms with Gasteiger partial charge in [0.2, 0.25) is 0 Å². The molecule has 6 heteroatoms. The number of aryl methyl sites for hydroxylation is 4. The van der Waals surface area contributed by atoms with E-state index in [1.54, 1.807) is 41.7 Å². The summed E-state index contributed by atoms with van der Waals surface area (Å²) in [7, 11) is 1.58. The predicted octanol–water partition coefficient (Wildman–Crippen LogP) is 4.07. The smallest absolute Gasteiger partial charge is 0.316 e. The van der Waals surface area contributed by atoms with E-state index < -0.39 is 11.4 Å². The molecule has 0 aliphatic heterocycles. The van der Waals surface area contributed by atoms with E-state index in [-0.39, 0.29) is 11.3 Å². The van der Waals surface area contributed by atoms with Crippen molar-refractivity contribution in [2.45, 2.75) is 41.5 Å². The molecule has 0 bridgehead atoms. The molecular formula is C21H24N2O4. The molecule has 2 aromatic heterocycles. The van der Waals surface area contributed by atoms with Gasteiger partial charge in [-0.3, -0.25) is 9.59 Å². The molecule has 142 valence electrons. The largest absolute Gasteiger partial charge is 0.461 e. The van der Waals surface area contributed by atoms with E-state index in [2.05, 4.69) is 5.10 Å². The number of esters is 1. The Kier molecular flexibility index (Phi) is 4.46. The average Bonchev–Trinajstić information content (AvgIpc) is 2.86. The van der Waals surface area contributed by atoms with Crippen molar-refractivity contribution in [3.8, 4) is 16.9 Å². The molecule has 0 unspecified atom stereocenters. The third-order valence-corrected chi connectivity index (χ3v) is 4.44. The first-order valence-corrected chi connectivity index (χ1v) is 8.81. The van der Waals surface area contributed by atoms with Crippen LogP contribution in [0.1, 0.15) is 37.8 Å². The minimum atomic E-state index is -0.713. The summed E-state index contributed by atoms with van der Waals surface area (Å²) in [5.41, 5.74) is 2.08. The number of rotatable bonds is 2. The maximum atomic E-state index is 13.0. The molecule has 0 amide bonds. The SMILES string of the molecule is Cc1ccc2c(-c3c(OC(=O)C(C)(C)C)c(C)nn(C)c3=O)c(C)oc2c1. The Morgan fingerprint density at radius 1 is 1.15 bits per heavy atom. The van der Waals surface area contributed by atoms with E-state index >= 15 is 0 Å². The van der Waals surface area contributed by atoms with Crippen molar-refractivity contribution in [3.05, 3.63) is 45.6 Å². The van der Waals surface area contributed by atoms with Crippen molar-refractivity contribution in [2.24, 2.45) is 12.5 Å². The Balaban J connectivity index is 2.35. The number of carbonyl (C=O) groups is 1. The first-order valence-electron chi connectivity index (χ1n) is 8.81. The van der Waals surface area contributed by atoms with Crippen molar-refractivity contribution in [2.75, 3.05) is 0 Å². The number of benzene rings is 1. The first kappa shape index (κ1) is 18.9. The molecule has 0 aliphatic rings. The van der Waals surface area contributed by atoms with Gasteiger partial charge in [0.25, 0.3) is 5.56 Å². The van der Waals surface area contributed by atoms with Crippen LogP contribution in [0.25, 0.3) is 22.1 Å². The Bertz CT molecular complexity index is 1110. The molecule has 3 rings (SSSR count). The molecule has 0 fully saturated rings. The van der Waals surface area contributed by atoms with E-state index in [1.807, 2.05) is 25.1 Å². The van der Waals surface area contributed by atoms with Crippen molar-refractivity contribution in [1.29, 1.82) is 0 Å². The molecule has 0 saturated heterocycles. The third kappa shape index (κ3) is 3.27. The van der Waals surface area contributed by atoms with Gasteiger partial charge in [-0.05, 0) is 53.2 Å². The van der Waals surface area contributed by atoms with E-state index in [9.17, 15) is 9.59 Å². The Morgan fingerprint density at radius 2 is 1.81 bits per heavy atom. The standard InChI is InChI=1S/C21H24N2O4/c1-11-8-9-14-15(10-11)26-13(3)16(14)17-18(27-20(25)21(4,5)6)12(2)22-23(7)19(17)24/h8-10H,1-7H3. The Labute approximate surface area is 157 Å². The van der Waals surface area contributed by atoms with Gasteiger partial charge < -0.3 is 9.15 Å². The zero-order valence-electron chi connectivity index (χ0n) is 16.8. The van der Waals surface area contributed by atoms with Crippen molar-refractivity contribution < 1.29 is 13.9 Å². The van der Waals surface area contributed by atoms with Crippen LogP contribution < -0.4 is 10.3 Å². The summed E-state index contributed by atoms with van der Waals surface area (Å²) >= 11 is 0. The summed E-state index contributed by atoms with van der Waals surface area (Å²) in [6.45, 7) is 10.8. The molecular weight excluding hydrogens is 344 g/mol. The zero-order valence-corrected chi connectivity index (χ0v) is 16.8. The molecule has 0 aliphatic carbocycles. The van der Waals surface area contributed by atoms with Crippen molar-refractivity contribution in [1.82, 2.24) is 9.78 Å².